The minimum Gasteiger partial charge on any atom is -0.444 e. The Bertz CT molecular complexity index is 4110. The molecule has 0 saturated carbocycles. The molecule has 21 nitrogen and oxygen atoms in total. The molecule has 9 amide bonds. The van der Waals surface area contributed by atoms with E-state index in [1.807, 2.05) is 62.3 Å². The Morgan fingerprint density at radius 3 is 0.636 bits per heavy atom. The molecule has 3 N–H and O–H groups in total. The van der Waals surface area contributed by atoms with Gasteiger partial charge in [0.15, 0.2) is 0 Å². The van der Waals surface area contributed by atoms with Crippen molar-refractivity contribution >= 4 is 36.4 Å². The van der Waals surface area contributed by atoms with Gasteiger partial charge in [0.2, 0.25) is 0 Å². The van der Waals surface area contributed by atoms with Gasteiger partial charge < -0.3 is 59.6 Å². The fourth-order valence-electron chi connectivity index (χ4n) is 18.7. The first-order chi connectivity index (χ1) is 60.1. The van der Waals surface area contributed by atoms with Gasteiger partial charge in [0.25, 0.3) is 0 Å². The third kappa shape index (κ3) is 28.9. The second-order valence-electron chi connectivity index (χ2n) is 46.3. The van der Waals surface area contributed by atoms with E-state index in [1.165, 1.54) is 50.1 Å². The molecule has 0 radical (unpaired) electrons. The number of hydrogen-bond acceptors (Lipinski definition) is 12. The van der Waals surface area contributed by atoms with Crippen molar-refractivity contribution in [2.75, 3.05) is 98.2 Å². The smallest absolute Gasteiger partial charge is 0.410 e. The van der Waals surface area contributed by atoms with Crippen LogP contribution in [0.25, 0.3) is 0 Å². The second-order valence-corrected chi connectivity index (χ2v) is 46.3. The zero-order valence-corrected chi connectivity index (χ0v) is 83.8. The number of likely N-dealkylation sites (tertiary alicyclic amines) is 3. The quantitative estimate of drug-likeness (QED) is 0.0983. The molecule has 0 bridgehead atoms. The third-order valence-electron chi connectivity index (χ3n) is 26.2. The number of nitrogens with one attached hydrogen (secondary N) is 3. The lowest BCUT2D eigenvalue weighted by Gasteiger charge is -2.49. The summed E-state index contributed by atoms with van der Waals surface area (Å²) in [5.41, 5.74) is 10.1. The SMILES string of the molecule is CC(C)(C)OC(=O)N1CCC(NC(=O)N2CCN(C(c3ccccc3)c3ccc(C(C)(C)C)cc3)C[C@@H]2C(C)(C)C)CC1.CC(C)(C)OC(=O)N1CCC(NC(=O)N2CCN(C(c3ccccc3)c3ccc(C(C)(C)C)cc3)C[C@@H]2C(C)(C)C)CC1.CC(C)(C)OC(=O)N1CCC(NC(=O)N2CCN(C(c3ccccc3)c3ccc(C(C)(C)C)cc3)C[C@@H]2C(C)(C)C)CC1. The van der Waals surface area contributed by atoms with Crippen LogP contribution in [-0.2, 0) is 30.5 Å². The highest BCUT2D eigenvalue weighted by atomic mass is 16.6. The maximum Gasteiger partial charge on any atom is 0.410 e. The molecule has 0 aromatic heterocycles. The van der Waals surface area contributed by atoms with Gasteiger partial charge in [0, 0.05) is 116 Å². The van der Waals surface area contributed by atoms with Gasteiger partial charge in [-0.25, -0.2) is 28.8 Å². The van der Waals surface area contributed by atoms with Crippen molar-refractivity contribution in [1.29, 1.82) is 0 Å². The van der Waals surface area contributed by atoms with E-state index in [-0.39, 0.29) is 123 Å². The normalized spacial score (nSPS) is 20.1. The van der Waals surface area contributed by atoms with Crippen LogP contribution in [0.5, 0.6) is 0 Å². The standard InChI is InChI=1S/3C36H54N4O3/c3*1-34(2,3)28-17-15-27(16-18-28)31(26-13-11-10-12-14-26)39-23-24-40(30(25-39)35(4,5)6)32(41)37-29-19-21-38(22-20-29)33(42)43-36(7,8)9/h3*10-18,29-31H,19-25H2,1-9H3,(H,37,41)/t3*30-,31?/m111/s1. The van der Waals surface area contributed by atoms with E-state index in [4.69, 9.17) is 14.2 Å². The Balaban J connectivity index is 0.000000201. The van der Waals surface area contributed by atoms with Gasteiger partial charge >= 0.3 is 36.4 Å². The van der Waals surface area contributed by atoms with E-state index in [2.05, 4.69) is 334 Å². The molecule has 6 aromatic rings. The number of rotatable bonds is 12. The molecule has 6 atom stereocenters. The topological polar surface area (TPSA) is 195 Å². The highest BCUT2D eigenvalue weighted by Crippen LogP contribution is 2.42. The lowest BCUT2D eigenvalue weighted by molar-refractivity contribution is 0.0167. The van der Waals surface area contributed by atoms with E-state index in [0.717, 1.165) is 77.8 Å². The summed E-state index contributed by atoms with van der Waals surface area (Å²) in [6, 6.07) is 60.2. The average molecular weight is 1770 g/mol. The molecular weight excluding hydrogens is 1610 g/mol. The van der Waals surface area contributed by atoms with Crippen molar-refractivity contribution in [2.45, 2.75) is 313 Å². The summed E-state index contributed by atoms with van der Waals surface area (Å²) in [5.74, 6) is 0. The molecule has 6 aromatic carbocycles. The highest BCUT2D eigenvalue weighted by molar-refractivity contribution is 5.77. The second kappa shape index (κ2) is 42.1. The fourth-order valence-corrected chi connectivity index (χ4v) is 18.7. The number of carbonyl (C=O) groups is 6. The number of piperazine rings is 3. The van der Waals surface area contributed by atoms with Crippen LogP contribution in [0.15, 0.2) is 164 Å². The molecule has 6 heterocycles. The summed E-state index contributed by atoms with van der Waals surface area (Å²) in [4.78, 5) is 97.9. The van der Waals surface area contributed by atoms with Crippen LogP contribution in [-0.4, -0.2) is 232 Å². The van der Waals surface area contributed by atoms with Gasteiger partial charge in [0.1, 0.15) is 16.8 Å². The Morgan fingerprint density at radius 2 is 0.457 bits per heavy atom. The van der Waals surface area contributed by atoms with Crippen LogP contribution in [0.1, 0.15) is 294 Å². The summed E-state index contributed by atoms with van der Waals surface area (Å²) < 4.78 is 16.6. The van der Waals surface area contributed by atoms with Crippen LogP contribution in [0, 0.1) is 16.2 Å². The van der Waals surface area contributed by atoms with Crippen molar-refractivity contribution < 1.29 is 43.0 Å². The molecule has 0 aliphatic carbocycles. The van der Waals surface area contributed by atoms with Crippen LogP contribution >= 0.6 is 0 Å². The molecular formula is C108H162N12O9. The summed E-state index contributed by atoms with van der Waals surface area (Å²) in [6.07, 6.45) is 3.54. The first-order valence-electron chi connectivity index (χ1n) is 47.9. The highest BCUT2D eigenvalue weighted by Gasteiger charge is 2.46. The van der Waals surface area contributed by atoms with E-state index < -0.39 is 16.8 Å². The molecule has 6 aliphatic heterocycles. The molecule has 21 heteroatoms. The number of piperidine rings is 3. The van der Waals surface area contributed by atoms with Crippen LogP contribution < -0.4 is 16.0 Å². The zero-order chi connectivity index (χ0) is 94.7. The fraction of sp³-hybridized carbons (Fsp3) is 0.611. The van der Waals surface area contributed by atoms with Crippen molar-refractivity contribution in [2.24, 2.45) is 16.2 Å². The van der Waals surface area contributed by atoms with Crippen molar-refractivity contribution in [3.63, 3.8) is 0 Å². The molecule has 6 aliphatic rings. The van der Waals surface area contributed by atoms with Gasteiger partial charge in [-0.15, -0.1) is 0 Å². The predicted molar refractivity (Wildman–Crippen MR) is 523 cm³/mol. The zero-order valence-electron chi connectivity index (χ0n) is 83.8. The van der Waals surface area contributed by atoms with Crippen molar-refractivity contribution in [3.8, 4) is 0 Å². The van der Waals surface area contributed by atoms with Crippen molar-refractivity contribution in [3.05, 3.63) is 214 Å². The minimum absolute atomic E-state index is 0.00100. The van der Waals surface area contributed by atoms with E-state index >= 15 is 0 Å². The van der Waals surface area contributed by atoms with Gasteiger partial charge in [-0.2, -0.15) is 0 Å². The molecule has 129 heavy (non-hydrogen) atoms. The first kappa shape index (κ1) is 102. The summed E-state index contributed by atoms with van der Waals surface area (Å²) in [7, 11) is 0. The maximum atomic E-state index is 13.8. The molecule has 6 fully saturated rings. The van der Waals surface area contributed by atoms with Crippen LogP contribution in [0.4, 0.5) is 28.8 Å². The van der Waals surface area contributed by atoms with Crippen LogP contribution in [0.3, 0.4) is 0 Å². The predicted octanol–water partition coefficient (Wildman–Crippen LogP) is 21.6. The van der Waals surface area contributed by atoms with E-state index in [9.17, 15) is 28.8 Å². The lowest BCUT2D eigenvalue weighted by Crippen LogP contribution is -2.63. The lowest BCUT2D eigenvalue weighted by atomic mass is 9.82. The average Bonchev–Trinajstić information content (AvgIpc) is 0.781. The number of benzene rings is 6. The summed E-state index contributed by atoms with van der Waals surface area (Å²) in [6.45, 7) is 67.5. The monoisotopic (exact) mass is 1770 g/mol. The minimum atomic E-state index is -0.512. The molecule has 708 valence electrons. The molecule has 12 rings (SSSR count). The third-order valence-corrected chi connectivity index (χ3v) is 26.2. The molecule has 0 spiro atoms. The number of carbonyl (C=O) groups excluding carboxylic acids is 6. The van der Waals surface area contributed by atoms with Gasteiger partial charge in [-0.3, -0.25) is 14.7 Å². The van der Waals surface area contributed by atoms with Gasteiger partial charge in [-0.05, 0) is 183 Å². The van der Waals surface area contributed by atoms with Crippen LogP contribution in [0.2, 0.25) is 0 Å². The number of urea groups is 3. The largest absolute Gasteiger partial charge is 0.444 e. The summed E-state index contributed by atoms with van der Waals surface area (Å²) >= 11 is 0. The first-order valence-corrected chi connectivity index (χ1v) is 47.9. The van der Waals surface area contributed by atoms with Gasteiger partial charge in [0.05, 0.1) is 36.3 Å². The Hall–Kier alpha value is -9.18. The van der Waals surface area contributed by atoms with E-state index in [0.29, 0.717) is 58.9 Å². The maximum absolute atomic E-state index is 13.8. The molecule has 6 saturated heterocycles. The van der Waals surface area contributed by atoms with Gasteiger partial charge in [-0.1, -0.05) is 288 Å². The number of amides is 9. The van der Waals surface area contributed by atoms with E-state index in [1.54, 1.807) is 14.7 Å². The Morgan fingerprint density at radius 1 is 0.264 bits per heavy atom. The molecule has 3 unspecified atom stereocenters. The Kier molecular flexibility index (Phi) is 33.3. The summed E-state index contributed by atoms with van der Waals surface area (Å²) in [5, 5.41) is 9.95. The number of ether oxygens (including phenoxy) is 3. The Labute approximate surface area is 776 Å². The van der Waals surface area contributed by atoms with Crippen molar-refractivity contribution in [1.82, 2.24) is 60.0 Å². The number of hydrogen-bond donors (Lipinski definition) is 3. The number of nitrogens with zero attached hydrogens (tertiary/aromatic N) is 9.